The molecule has 0 aromatic heterocycles. The van der Waals surface area contributed by atoms with Crippen LogP contribution in [0.25, 0.3) is 0 Å². The first-order chi connectivity index (χ1) is 19.0. The van der Waals surface area contributed by atoms with Crippen LogP contribution in [0.3, 0.4) is 0 Å². The van der Waals surface area contributed by atoms with Gasteiger partial charge in [0.1, 0.15) is 6.61 Å². The van der Waals surface area contributed by atoms with Crippen LogP contribution in [-0.2, 0) is 17.8 Å². The summed E-state index contributed by atoms with van der Waals surface area (Å²) in [7, 11) is 0. The van der Waals surface area contributed by atoms with Crippen molar-refractivity contribution in [2.45, 2.75) is 26.9 Å². The van der Waals surface area contributed by atoms with Crippen molar-refractivity contribution in [3.63, 3.8) is 0 Å². The Labute approximate surface area is 227 Å². The van der Waals surface area contributed by atoms with Gasteiger partial charge in [-0.25, -0.2) is 5.43 Å². The fraction of sp³-hybridized carbons (Fsp3) is 0.233. The van der Waals surface area contributed by atoms with E-state index >= 15 is 0 Å². The maximum atomic E-state index is 12.4. The number of rotatable bonds is 12. The fourth-order valence-electron chi connectivity index (χ4n) is 3.85. The molecular formula is C30H31N3O6. The number of hydrogen-bond donors (Lipinski definition) is 2. The summed E-state index contributed by atoms with van der Waals surface area (Å²) >= 11 is 0. The number of ether oxygens (including phenoxy) is 4. The Bertz CT molecular complexity index is 1370. The average Bonchev–Trinajstić information content (AvgIpc) is 3.41. The highest BCUT2D eigenvalue weighted by molar-refractivity contribution is 5.97. The van der Waals surface area contributed by atoms with Gasteiger partial charge in [0.15, 0.2) is 23.0 Å². The predicted molar refractivity (Wildman–Crippen MR) is 148 cm³/mol. The van der Waals surface area contributed by atoms with Crippen LogP contribution in [0, 0.1) is 6.92 Å². The number of fused-ring (bicyclic) bond motifs is 1. The van der Waals surface area contributed by atoms with Gasteiger partial charge in [0.25, 0.3) is 11.8 Å². The summed E-state index contributed by atoms with van der Waals surface area (Å²) in [5.41, 5.74) is 6.61. The SMILES string of the molecule is C=CCc1cc(/C=N\NC(=O)CNC(=O)c2ccc3c(c2)OCO3)cc(OCC)c1OCc1ccc(C)cc1. The lowest BCUT2D eigenvalue weighted by molar-refractivity contribution is -0.120. The number of aryl methyl sites for hydroxylation is 1. The first-order valence-corrected chi connectivity index (χ1v) is 12.6. The second-order valence-corrected chi connectivity index (χ2v) is 8.75. The molecule has 39 heavy (non-hydrogen) atoms. The van der Waals surface area contributed by atoms with Crippen LogP contribution in [0.1, 0.15) is 39.5 Å². The number of nitrogens with zero attached hydrogens (tertiary/aromatic N) is 1. The molecule has 0 aliphatic carbocycles. The predicted octanol–water partition coefficient (Wildman–Crippen LogP) is 4.31. The van der Waals surface area contributed by atoms with Crippen molar-refractivity contribution in [1.29, 1.82) is 0 Å². The van der Waals surface area contributed by atoms with Crippen LogP contribution < -0.4 is 29.7 Å². The Kier molecular flexibility index (Phi) is 9.18. The molecule has 0 saturated heterocycles. The summed E-state index contributed by atoms with van der Waals surface area (Å²) in [4.78, 5) is 24.6. The van der Waals surface area contributed by atoms with Gasteiger partial charge in [-0.2, -0.15) is 5.10 Å². The smallest absolute Gasteiger partial charge is 0.259 e. The summed E-state index contributed by atoms with van der Waals surface area (Å²) in [5.74, 6) is 1.40. The van der Waals surface area contributed by atoms with Crippen LogP contribution in [0.5, 0.6) is 23.0 Å². The lowest BCUT2D eigenvalue weighted by Gasteiger charge is -2.17. The molecule has 0 unspecified atom stereocenters. The minimum Gasteiger partial charge on any atom is -0.490 e. The lowest BCUT2D eigenvalue weighted by atomic mass is 10.1. The molecule has 1 aliphatic rings. The summed E-state index contributed by atoms with van der Waals surface area (Å²) in [5, 5.41) is 6.60. The lowest BCUT2D eigenvalue weighted by Crippen LogP contribution is -2.34. The van der Waals surface area contributed by atoms with E-state index in [0.29, 0.717) is 53.8 Å². The van der Waals surface area contributed by atoms with Gasteiger partial charge in [-0.05, 0) is 61.7 Å². The molecule has 2 N–H and O–H groups in total. The van der Waals surface area contributed by atoms with Crippen molar-refractivity contribution in [2.24, 2.45) is 5.10 Å². The highest BCUT2D eigenvalue weighted by atomic mass is 16.7. The molecule has 3 aromatic carbocycles. The van der Waals surface area contributed by atoms with Crippen LogP contribution in [0.4, 0.5) is 0 Å². The van der Waals surface area contributed by atoms with E-state index in [2.05, 4.69) is 22.4 Å². The number of carbonyl (C=O) groups excluding carboxylic acids is 2. The number of hydrogen-bond acceptors (Lipinski definition) is 7. The molecular weight excluding hydrogens is 498 g/mol. The van der Waals surface area contributed by atoms with Gasteiger partial charge in [-0.15, -0.1) is 6.58 Å². The van der Waals surface area contributed by atoms with E-state index in [0.717, 1.165) is 11.1 Å². The van der Waals surface area contributed by atoms with Crippen molar-refractivity contribution in [2.75, 3.05) is 19.9 Å². The largest absolute Gasteiger partial charge is 0.490 e. The zero-order valence-electron chi connectivity index (χ0n) is 22.0. The molecule has 1 aliphatic heterocycles. The Morgan fingerprint density at radius 2 is 1.85 bits per heavy atom. The minimum absolute atomic E-state index is 0.116. The maximum absolute atomic E-state index is 12.4. The van der Waals surface area contributed by atoms with Gasteiger partial charge < -0.3 is 24.3 Å². The van der Waals surface area contributed by atoms with Crippen LogP contribution in [0.2, 0.25) is 0 Å². The van der Waals surface area contributed by atoms with Crippen molar-refractivity contribution >= 4 is 18.0 Å². The first-order valence-electron chi connectivity index (χ1n) is 12.6. The standard InChI is InChI=1S/C30H31N3O6/c1-4-6-23-13-22(14-27(36-5-2)29(23)37-18-21-9-7-20(3)8-10-21)16-32-33-28(34)17-31-30(35)24-11-12-25-26(15-24)39-19-38-25/h4,7-16H,1,5-6,17-19H2,2-3H3,(H,31,35)(H,33,34)/b32-16-. The second kappa shape index (κ2) is 13.1. The molecule has 202 valence electrons. The molecule has 3 aromatic rings. The zero-order chi connectivity index (χ0) is 27.6. The fourth-order valence-corrected chi connectivity index (χ4v) is 3.85. The van der Waals surface area contributed by atoms with Gasteiger partial charge in [-0.3, -0.25) is 9.59 Å². The summed E-state index contributed by atoms with van der Waals surface area (Å²) < 4.78 is 22.6. The molecule has 0 radical (unpaired) electrons. The Morgan fingerprint density at radius 3 is 2.62 bits per heavy atom. The molecule has 0 bridgehead atoms. The third kappa shape index (κ3) is 7.38. The monoisotopic (exact) mass is 529 g/mol. The zero-order valence-corrected chi connectivity index (χ0v) is 22.0. The van der Waals surface area contributed by atoms with E-state index in [1.54, 1.807) is 30.3 Å². The third-order valence-electron chi connectivity index (χ3n) is 5.77. The quantitative estimate of drug-likeness (QED) is 0.206. The topological polar surface area (TPSA) is 107 Å². The number of allylic oxidation sites excluding steroid dienone is 1. The van der Waals surface area contributed by atoms with Gasteiger partial charge in [0.05, 0.1) is 19.4 Å². The molecule has 9 heteroatoms. The van der Waals surface area contributed by atoms with Crippen LogP contribution in [-0.4, -0.2) is 38.0 Å². The molecule has 1 heterocycles. The van der Waals surface area contributed by atoms with E-state index in [-0.39, 0.29) is 13.3 Å². The highest BCUT2D eigenvalue weighted by Gasteiger charge is 2.17. The minimum atomic E-state index is -0.477. The first kappa shape index (κ1) is 27.3. The molecule has 9 nitrogen and oxygen atoms in total. The Balaban J connectivity index is 1.37. The number of amides is 2. The highest BCUT2D eigenvalue weighted by Crippen LogP contribution is 2.34. The molecule has 0 fully saturated rings. The average molecular weight is 530 g/mol. The van der Waals surface area contributed by atoms with Crippen molar-refractivity contribution in [3.8, 4) is 23.0 Å². The molecule has 0 saturated carbocycles. The molecule has 0 atom stereocenters. The maximum Gasteiger partial charge on any atom is 0.259 e. The van der Waals surface area contributed by atoms with Crippen molar-refractivity contribution in [1.82, 2.24) is 10.7 Å². The van der Waals surface area contributed by atoms with Crippen molar-refractivity contribution < 1.29 is 28.5 Å². The number of carbonyl (C=O) groups is 2. The van der Waals surface area contributed by atoms with Gasteiger partial charge in [-0.1, -0.05) is 35.9 Å². The molecule has 2 amide bonds. The molecule has 4 rings (SSSR count). The number of benzene rings is 3. The normalized spacial score (nSPS) is 11.7. The van der Waals surface area contributed by atoms with Crippen LogP contribution in [0.15, 0.2) is 72.4 Å². The second-order valence-electron chi connectivity index (χ2n) is 8.75. The van der Waals surface area contributed by atoms with Crippen LogP contribution >= 0.6 is 0 Å². The Hall–Kier alpha value is -4.79. The van der Waals surface area contributed by atoms with Crippen molar-refractivity contribution in [3.05, 3.63) is 95.1 Å². The van der Waals surface area contributed by atoms with E-state index < -0.39 is 11.8 Å². The summed E-state index contributed by atoms with van der Waals surface area (Å²) in [6.07, 6.45) is 3.86. The summed E-state index contributed by atoms with van der Waals surface area (Å²) in [6, 6.07) is 16.7. The van der Waals surface area contributed by atoms with E-state index in [1.807, 2.05) is 44.2 Å². The Morgan fingerprint density at radius 1 is 1.05 bits per heavy atom. The summed E-state index contributed by atoms with van der Waals surface area (Å²) in [6.45, 7) is 8.51. The van der Waals surface area contributed by atoms with E-state index in [4.69, 9.17) is 18.9 Å². The number of nitrogens with one attached hydrogen (secondary N) is 2. The molecule has 0 spiro atoms. The third-order valence-corrected chi connectivity index (χ3v) is 5.77. The van der Waals surface area contributed by atoms with Gasteiger partial charge in [0, 0.05) is 11.1 Å². The van der Waals surface area contributed by atoms with E-state index in [9.17, 15) is 9.59 Å². The van der Waals surface area contributed by atoms with Gasteiger partial charge >= 0.3 is 0 Å². The van der Waals surface area contributed by atoms with E-state index in [1.165, 1.54) is 11.8 Å². The number of hydrazone groups is 1. The van der Waals surface area contributed by atoms with Gasteiger partial charge in [0.2, 0.25) is 6.79 Å².